The summed E-state index contributed by atoms with van der Waals surface area (Å²) in [6.45, 7) is 7.88. The maximum absolute atomic E-state index is 13.2. The highest BCUT2D eigenvalue weighted by atomic mass is 16.5. The molecule has 2 aromatic rings. The number of amides is 2. The summed E-state index contributed by atoms with van der Waals surface area (Å²) in [5, 5.41) is 2.94. The molecule has 2 aliphatic rings. The van der Waals surface area contributed by atoms with Crippen molar-refractivity contribution in [2.45, 2.75) is 64.7 Å². The summed E-state index contributed by atoms with van der Waals surface area (Å²) >= 11 is 0. The molecule has 1 N–H and O–H groups in total. The summed E-state index contributed by atoms with van der Waals surface area (Å²) in [6, 6.07) is 16.0. The van der Waals surface area contributed by atoms with E-state index < -0.39 is 6.10 Å². The number of carbonyl (C=O) groups excluding carboxylic acids is 2. The largest absolute Gasteiger partial charge is 0.481 e. The third-order valence-electron chi connectivity index (χ3n) is 6.57. The van der Waals surface area contributed by atoms with Crippen molar-refractivity contribution in [1.29, 1.82) is 0 Å². The van der Waals surface area contributed by atoms with Crippen molar-refractivity contribution in [3.8, 4) is 5.75 Å². The van der Waals surface area contributed by atoms with Gasteiger partial charge in [0.1, 0.15) is 5.75 Å². The molecule has 2 aliphatic heterocycles. The average molecular weight is 465 g/mol. The minimum Gasteiger partial charge on any atom is -0.481 e. The van der Waals surface area contributed by atoms with Gasteiger partial charge in [-0.2, -0.15) is 0 Å². The van der Waals surface area contributed by atoms with Gasteiger partial charge in [0, 0.05) is 26.1 Å². The number of benzene rings is 2. The molecule has 0 aliphatic carbocycles. The van der Waals surface area contributed by atoms with Crippen molar-refractivity contribution >= 4 is 11.8 Å². The summed E-state index contributed by atoms with van der Waals surface area (Å²) in [6.07, 6.45) is 2.82. The molecule has 2 heterocycles. The SMILES string of the molecule is CC(C)CC(=O)N1CCc2ccc(OC(C)C(=O)NCC3CCCO3)cc2C1c1ccccc1. The molecular weight excluding hydrogens is 428 g/mol. The van der Waals surface area contributed by atoms with E-state index in [-0.39, 0.29) is 24.0 Å². The van der Waals surface area contributed by atoms with Crippen molar-refractivity contribution in [2.75, 3.05) is 19.7 Å². The average Bonchev–Trinajstić information content (AvgIpc) is 3.35. The van der Waals surface area contributed by atoms with Crippen LogP contribution in [-0.2, 0) is 20.7 Å². The van der Waals surface area contributed by atoms with Gasteiger partial charge in [0.05, 0.1) is 12.1 Å². The van der Waals surface area contributed by atoms with Crippen LogP contribution in [0.1, 0.15) is 62.8 Å². The summed E-state index contributed by atoms with van der Waals surface area (Å²) in [7, 11) is 0. The van der Waals surface area contributed by atoms with Crippen LogP contribution in [0.5, 0.6) is 5.75 Å². The molecule has 2 amide bonds. The van der Waals surface area contributed by atoms with Gasteiger partial charge in [-0.15, -0.1) is 0 Å². The summed E-state index contributed by atoms with van der Waals surface area (Å²) in [4.78, 5) is 27.7. The van der Waals surface area contributed by atoms with Gasteiger partial charge in [0.15, 0.2) is 6.10 Å². The summed E-state index contributed by atoms with van der Waals surface area (Å²) in [5.74, 6) is 0.954. The maximum atomic E-state index is 13.2. The van der Waals surface area contributed by atoms with Crippen LogP contribution < -0.4 is 10.1 Å². The molecule has 0 aromatic heterocycles. The van der Waals surface area contributed by atoms with Gasteiger partial charge in [0.2, 0.25) is 5.91 Å². The minimum absolute atomic E-state index is 0.0980. The normalized spacial score (nSPS) is 20.6. The van der Waals surface area contributed by atoms with E-state index in [1.54, 1.807) is 6.92 Å². The Morgan fingerprint density at radius 3 is 2.65 bits per heavy atom. The van der Waals surface area contributed by atoms with Gasteiger partial charge in [-0.05, 0) is 60.9 Å². The molecule has 34 heavy (non-hydrogen) atoms. The first-order valence-electron chi connectivity index (χ1n) is 12.5. The third kappa shape index (κ3) is 5.79. The second-order valence-corrected chi connectivity index (χ2v) is 9.75. The van der Waals surface area contributed by atoms with Crippen LogP contribution in [0.3, 0.4) is 0 Å². The lowest BCUT2D eigenvalue weighted by Gasteiger charge is -2.38. The number of nitrogens with one attached hydrogen (secondary N) is 1. The minimum atomic E-state index is -0.628. The van der Waals surface area contributed by atoms with Crippen LogP contribution in [0, 0.1) is 5.92 Å². The first-order chi connectivity index (χ1) is 16.4. The molecule has 3 atom stereocenters. The fourth-order valence-electron chi connectivity index (χ4n) is 4.82. The van der Waals surface area contributed by atoms with Gasteiger partial charge >= 0.3 is 0 Å². The second-order valence-electron chi connectivity index (χ2n) is 9.75. The second kappa shape index (κ2) is 11.0. The number of ether oxygens (including phenoxy) is 2. The predicted molar refractivity (Wildman–Crippen MR) is 132 cm³/mol. The quantitative estimate of drug-likeness (QED) is 0.634. The van der Waals surface area contributed by atoms with Crippen molar-refractivity contribution in [3.63, 3.8) is 0 Å². The Labute approximate surface area is 202 Å². The molecule has 1 fully saturated rings. The zero-order chi connectivity index (χ0) is 24.1. The fraction of sp³-hybridized carbons (Fsp3) is 0.500. The zero-order valence-electron chi connectivity index (χ0n) is 20.5. The Bertz CT molecular complexity index is 985. The van der Waals surface area contributed by atoms with Crippen molar-refractivity contribution in [2.24, 2.45) is 5.92 Å². The Kier molecular flexibility index (Phi) is 7.88. The molecule has 6 heteroatoms. The molecule has 0 spiro atoms. The van der Waals surface area contributed by atoms with E-state index in [1.165, 1.54) is 5.56 Å². The van der Waals surface area contributed by atoms with Gasteiger partial charge in [-0.1, -0.05) is 50.2 Å². The summed E-state index contributed by atoms with van der Waals surface area (Å²) in [5.41, 5.74) is 3.37. The third-order valence-corrected chi connectivity index (χ3v) is 6.57. The Hall–Kier alpha value is -2.86. The maximum Gasteiger partial charge on any atom is 0.260 e. The van der Waals surface area contributed by atoms with E-state index in [0.29, 0.717) is 31.2 Å². The van der Waals surface area contributed by atoms with Crippen LogP contribution in [0.15, 0.2) is 48.5 Å². The van der Waals surface area contributed by atoms with Crippen molar-refractivity contribution in [3.05, 3.63) is 65.2 Å². The van der Waals surface area contributed by atoms with Crippen LogP contribution in [0.4, 0.5) is 0 Å². The van der Waals surface area contributed by atoms with Crippen LogP contribution >= 0.6 is 0 Å². The van der Waals surface area contributed by atoms with Gasteiger partial charge < -0.3 is 19.7 Å². The van der Waals surface area contributed by atoms with Crippen LogP contribution in [-0.4, -0.2) is 48.6 Å². The molecule has 0 radical (unpaired) electrons. The Morgan fingerprint density at radius 2 is 1.94 bits per heavy atom. The first-order valence-corrected chi connectivity index (χ1v) is 12.5. The summed E-state index contributed by atoms with van der Waals surface area (Å²) < 4.78 is 11.6. The highest BCUT2D eigenvalue weighted by Gasteiger charge is 2.32. The lowest BCUT2D eigenvalue weighted by Crippen LogP contribution is -2.41. The molecule has 2 aromatic carbocycles. The molecule has 1 saturated heterocycles. The van der Waals surface area contributed by atoms with Gasteiger partial charge in [-0.3, -0.25) is 9.59 Å². The Balaban J connectivity index is 1.53. The molecule has 6 nitrogen and oxygen atoms in total. The topological polar surface area (TPSA) is 67.9 Å². The van der Waals surface area contributed by atoms with Gasteiger partial charge in [0.25, 0.3) is 5.91 Å². The molecular formula is C28H36N2O4. The number of nitrogens with zero attached hydrogens (tertiary/aromatic N) is 1. The molecule has 4 rings (SSSR count). The molecule has 0 bridgehead atoms. The van der Waals surface area contributed by atoms with Crippen LogP contribution in [0.2, 0.25) is 0 Å². The molecule has 0 saturated carbocycles. The smallest absolute Gasteiger partial charge is 0.260 e. The highest BCUT2D eigenvalue weighted by Crippen LogP contribution is 2.38. The molecule has 3 unspecified atom stereocenters. The Morgan fingerprint density at radius 1 is 1.15 bits per heavy atom. The predicted octanol–water partition coefficient (Wildman–Crippen LogP) is 4.27. The van der Waals surface area contributed by atoms with Crippen molar-refractivity contribution < 1.29 is 19.1 Å². The number of carbonyl (C=O) groups is 2. The zero-order valence-corrected chi connectivity index (χ0v) is 20.5. The van der Waals surface area contributed by atoms with E-state index in [9.17, 15) is 9.59 Å². The van der Waals surface area contributed by atoms with E-state index in [1.807, 2.05) is 35.2 Å². The monoisotopic (exact) mass is 464 g/mol. The fourth-order valence-corrected chi connectivity index (χ4v) is 4.82. The van der Waals surface area contributed by atoms with Crippen LogP contribution in [0.25, 0.3) is 0 Å². The van der Waals surface area contributed by atoms with E-state index in [0.717, 1.165) is 37.0 Å². The van der Waals surface area contributed by atoms with Crippen molar-refractivity contribution in [1.82, 2.24) is 10.2 Å². The lowest BCUT2D eigenvalue weighted by molar-refractivity contribution is -0.134. The first kappa shape index (κ1) is 24.3. The highest BCUT2D eigenvalue weighted by molar-refractivity contribution is 5.80. The lowest BCUT2D eigenvalue weighted by atomic mass is 9.87. The van der Waals surface area contributed by atoms with E-state index in [2.05, 4.69) is 37.4 Å². The number of hydrogen-bond donors (Lipinski definition) is 1. The molecule has 182 valence electrons. The standard InChI is InChI=1S/C28H36N2O4/c1-19(2)16-26(31)30-14-13-21-11-12-23(17-25(21)27(30)22-8-5-4-6-9-22)34-20(3)28(32)29-18-24-10-7-15-33-24/h4-6,8-9,11-12,17,19-20,24,27H,7,10,13-16,18H2,1-3H3,(H,29,32). The number of hydrogen-bond acceptors (Lipinski definition) is 4. The van der Waals surface area contributed by atoms with E-state index in [4.69, 9.17) is 9.47 Å². The van der Waals surface area contributed by atoms with Gasteiger partial charge in [-0.25, -0.2) is 0 Å². The number of fused-ring (bicyclic) bond motifs is 1. The number of rotatable bonds is 8. The van der Waals surface area contributed by atoms with E-state index >= 15 is 0 Å².